The molecule has 3 N–H and O–H groups in total. The monoisotopic (exact) mass is 289 g/mol. The predicted octanol–water partition coefficient (Wildman–Crippen LogP) is 2.05. The average Bonchev–Trinajstić information content (AvgIpc) is 2.92. The molecule has 0 aliphatic carbocycles. The molecule has 21 heavy (non-hydrogen) atoms. The molecular weight excluding hydrogens is 262 g/mol. The normalized spacial score (nSPS) is 17.1. The van der Waals surface area contributed by atoms with Crippen LogP contribution in [0.2, 0.25) is 0 Å². The predicted molar refractivity (Wildman–Crippen MR) is 87.0 cm³/mol. The van der Waals surface area contributed by atoms with E-state index in [-0.39, 0.29) is 5.91 Å². The third-order valence-electron chi connectivity index (χ3n) is 4.20. The van der Waals surface area contributed by atoms with E-state index in [1.807, 2.05) is 24.3 Å². The summed E-state index contributed by atoms with van der Waals surface area (Å²) in [5.74, 6) is 0.626. The van der Waals surface area contributed by atoms with Crippen molar-refractivity contribution in [1.82, 2.24) is 10.2 Å². The Morgan fingerprint density at radius 2 is 2.05 bits per heavy atom. The van der Waals surface area contributed by atoms with Crippen LogP contribution in [-0.2, 0) is 11.2 Å². The van der Waals surface area contributed by atoms with Gasteiger partial charge in [-0.1, -0.05) is 26.0 Å². The molecule has 0 aromatic heterocycles. The molecule has 116 valence electrons. The van der Waals surface area contributed by atoms with Crippen LogP contribution < -0.4 is 11.1 Å². The zero-order chi connectivity index (χ0) is 15.2. The highest BCUT2D eigenvalue weighted by Crippen LogP contribution is 2.17. The van der Waals surface area contributed by atoms with Gasteiger partial charge in [-0.15, -0.1) is 0 Å². The number of carbonyl (C=O) groups excluding carboxylic acids is 1. The number of nitrogens with zero attached hydrogens (tertiary/aromatic N) is 1. The second kappa shape index (κ2) is 7.46. The number of nitrogens with two attached hydrogens (primary N) is 1. The Morgan fingerprint density at radius 1 is 1.33 bits per heavy atom. The van der Waals surface area contributed by atoms with E-state index in [1.165, 1.54) is 12.8 Å². The second-order valence-corrected chi connectivity index (χ2v) is 6.28. The maximum absolute atomic E-state index is 12.1. The van der Waals surface area contributed by atoms with E-state index in [9.17, 15) is 4.79 Å². The topological polar surface area (TPSA) is 58.4 Å². The molecule has 1 heterocycles. The van der Waals surface area contributed by atoms with Crippen molar-refractivity contribution in [1.29, 1.82) is 0 Å². The summed E-state index contributed by atoms with van der Waals surface area (Å²) in [6.07, 6.45) is 2.96. The first-order valence-corrected chi connectivity index (χ1v) is 7.91. The molecule has 2 rings (SSSR count). The van der Waals surface area contributed by atoms with Crippen molar-refractivity contribution >= 4 is 11.6 Å². The summed E-state index contributed by atoms with van der Waals surface area (Å²) >= 11 is 0. The Morgan fingerprint density at radius 3 is 2.67 bits per heavy atom. The van der Waals surface area contributed by atoms with Crippen LogP contribution in [0.25, 0.3) is 0 Å². The Labute approximate surface area is 127 Å². The minimum absolute atomic E-state index is 0.0745. The van der Waals surface area contributed by atoms with Crippen LogP contribution in [0.1, 0.15) is 32.3 Å². The summed E-state index contributed by atoms with van der Waals surface area (Å²) < 4.78 is 0. The Kier molecular flexibility index (Phi) is 5.62. The standard InChI is InChI=1S/C17H27N3O/c1-13(2)16(20-8-3-4-9-20)12-19-17(21)11-14-6-5-7-15(18)10-14/h5-7,10,13,16H,3-4,8-9,11-12,18H2,1-2H3,(H,19,21). The summed E-state index contributed by atoms with van der Waals surface area (Å²) in [5, 5.41) is 3.09. The minimum atomic E-state index is 0.0745. The number of benzene rings is 1. The van der Waals surface area contributed by atoms with Gasteiger partial charge in [-0.25, -0.2) is 0 Å². The summed E-state index contributed by atoms with van der Waals surface area (Å²) in [4.78, 5) is 14.6. The van der Waals surface area contributed by atoms with Gasteiger partial charge in [-0.05, 0) is 49.5 Å². The van der Waals surface area contributed by atoms with E-state index in [1.54, 1.807) is 0 Å². The van der Waals surface area contributed by atoms with Crippen LogP contribution in [0, 0.1) is 5.92 Å². The maximum Gasteiger partial charge on any atom is 0.224 e. The lowest BCUT2D eigenvalue weighted by molar-refractivity contribution is -0.120. The highest BCUT2D eigenvalue weighted by molar-refractivity contribution is 5.78. The Balaban J connectivity index is 1.84. The number of anilines is 1. The number of nitrogen functional groups attached to an aromatic ring is 1. The molecule has 1 aliphatic rings. The molecule has 1 aromatic carbocycles. The number of rotatable bonds is 6. The number of amides is 1. The fourth-order valence-electron chi connectivity index (χ4n) is 3.03. The molecule has 1 unspecified atom stereocenters. The van der Waals surface area contributed by atoms with Gasteiger partial charge in [0.2, 0.25) is 5.91 Å². The molecule has 4 nitrogen and oxygen atoms in total. The molecule has 0 bridgehead atoms. The molecule has 4 heteroatoms. The van der Waals surface area contributed by atoms with Gasteiger partial charge < -0.3 is 11.1 Å². The van der Waals surface area contributed by atoms with E-state index in [4.69, 9.17) is 5.73 Å². The smallest absolute Gasteiger partial charge is 0.224 e. The summed E-state index contributed by atoms with van der Waals surface area (Å²) in [7, 11) is 0. The largest absolute Gasteiger partial charge is 0.399 e. The molecule has 1 aromatic rings. The van der Waals surface area contributed by atoms with E-state index < -0.39 is 0 Å². The van der Waals surface area contributed by atoms with E-state index in [0.29, 0.717) is 24.1 Å². The van der Waals surface area contributed by atoms with Crippen molar-refractivity contribution in [3.8, 4) is 0 Å². The molecule has 0 spiro atoms. The summed E-state index contributed by atoms with van der Waals surface area (Å²) in [6, 6.07) is 7.97. The van der Waals surface area contributed by atoms with Crippen molar-refractivity contribution in [2.45, 2.75) is 39.2 Å². The van der Waals surface area contributed by atoms with Gasteiger partial charge in [0.25, 0.3) is 0 Å². The molecule has 1 fully saturated rings. The number of likely N-dealkylation sites (tertiary alicyclic amines) is 1. The fourth-order valence-corrected chi connectivity index (χ4v) is 3.03. The fraction of sp³-hybridized carbons (Fsp3) is 0.588. The lowest BCUT2D eigenvalue weighted by atomic mass is 10.0. The lowest BCUT2D eigenvalue weighted by Crippen LogP contribution is -2.45. The molecule has 1 atom stereocenters. The number of carbonyl (C=O) groups is 1. The third-order valence-corrected chi connectivity index (χ3v) is 4.20. The molecule has 1 amide bonds. The van der Waals surface area contributed by atoms with Crippen LogP contribution in [0.5, 0.6) is 0 Å². The SMILES string of the molecule is CC(C)C(CNC(=O)Cc1cccc(N)c1)N1CCCC1. The first kappa shape index (κ1) is 15.8. The van der Waals surface area contributed by atoms with Crippen LogP contribution >= 0.6 is 0 Å². The summed E-state index contributed by atoms with van der Waals surface area (Å²) in [6.45, 7) is 7.51. The van der Waals surface area contributed by atoms with Crippen LogP contribution in [-0.4, -0.2) is 36.5 Å². The van der Waals surface area contributed by atoms with Crippen molar-refractivity contribution < 1.29 is 4.79 Å². The van der Waals surface area contributed by atoms with Gasteiger partial charge >= 0.3 is 0 Å². The molecule has 0 saturated carbocycles. The van der Waals surface area contributed by atoms with Gasteiger partial charge in [-0.3, -0.25) is 9.69 Å². The van der Waals surface area contributed by atoms with Crippen LogP contribution in [0.4, 0.5) is 5.69 Å². The van der Waals surface area contributed by atoms with Crippen molar-refractivity contribution in [2.24, 2.45) is 5.92 Å². The molecule has 1 aliphatic heterocycles. The highest BCUT2D eigenvalue weighted by Gasteiger charge is 2.24. The zero-order valence-corrected chi connectivity index (χ0v) is 13.1. The van der Waals surface area contributed by atoms with Gasteiger partial charge in [-0.2, -0.15) is 0 Å². The summed E-state index contributed by atoms with van der Waals surface area (Å²) in [5.41, 5.74) is 7.41. The Bertz CT molecular complexity index is 467. The van der Waals surface area contributed by atoms with Crippen LogP contribution in [0.15, 0.2) is 24.3 Å². The zero-order valence-electron chi connectivity index (χ0n) is 13.1. The van der Waals surface area contributed by atoms with Crippen molar-refractivity contribution in [3.63, 3.8) is 0 Å². The second-order valence-electron chi connectivity index (χ2n) is 6.28. The molecular formula is C17H27N3O. The molecule has 1 saturated heterocycles. The first-order chi connectivity index (χ1) is 10.1. The van der Waals surface area contributed by atoms with E-state index >= 15 is 0 Å². The van der Waals surface area contributed by atoms with Crippen molar-refractivity contribution in [3.05, 3.63) is 29.8 Å². The lowest BCUT2D eigenvalue weighted by Gasteiger charge is -2.31. The third kappa shape index (κ3) is 4.74. The number of hydrogen-bond acceptors (Lipinski definition) is 3. The molecule has 0 radical (unpaired) electrons. The van der Waals surface area contributed by atoms with Gasteiger partial charge in [0, 0.05) is 18.3 Å². The highest BCUT2D eigenvalue weighted by atomic mass is 16.1. The average molecular weight is 289 g/mol. The maximum atomic E-state index is 12.1. The number of nitrogens with one attached hydrogen (secondary N) is 1. The minimum Gasteiger partial charge on any atom is -0.399 e. The van der Waals surface area contributed by atoms with Gasteiger partial charge in [0.15, 0.2) is 0 Å². The van der Waals surface area contributed by atoms with Crippen molar-refractivity contribution in [2.75, 3.05) is 25.4 Å². The number of hydrogen-bond donors (Lipinski definition) is 2. The van der Waals surface area contributed by atoms with Gasteiger partial charge in [0.1, 0.15) is 0 Å². The quantitative estimate of drug-likeness (QED) is 0.788. The first-order valence-electron chi connectivity index (χ1n) is 7.91. The van der Waals surface area contributed by atoms with E-state index in [0.717, 1.165) is 25.2 Å². The van der Waals surface area contributed by atoms with Gasteiger partial charge in [0.05, 0.1) is 6.42 Å². The Hall–Kier alpha value is -1.55. The van der Waals surface area contributed by atoms with E-state index in [2.05, 4.69) is 24.1 Å². The van der Waals surface area contributed by atoms with Crippen LogP contribution in [0.3, 0.4) is 0 Å².